The Hall–Kier alpha value is -2.37. The number of carbonyl (C=O) groups excluding carboxylic acids is 1. The van der Waals surface area contributed by atoms with Crippen LogP contribution in [0.15, 0.2) is 40.9 Å². The van der Waals surface area contributed by atoms with Gasteiger partial charge in [-0.05, 0) is 50.6 Å². The summed E-state index contributed by atoms with van der Waals surface area (Å²) in [7, 11) is -3.00. The van der Waals surface area contributed by atoms with Gasteiger partial charge in [0.05, 0.1) is 7.11 Å². The van der Waals surface area contributed by atoms with Gasteiger partial charge < -0.3 is 14.2 Å². The number of nitrogens with two attached hydrogens (primary N) is 1. The number of anilines is 1. The molecule has 0 spiro atoms. The molecule has 0 aliphatic carbocycles. The van der Waals surface area contributed by atoms with Crippen molar-refractivity contribution >= 4 is 37.8 Å². The van der Waals surface area contributed by atoms with Crippen LogP contribution < -0.4 is 18.9 Å². The Morgan fingerprint density at radius 2 is 1.81 bits per heavy atom. The molecule has 2 rings (SSSR count). The Labute approximate surface area is 189 Å². The number of esters is 1. The Morgan fingerprint density at radius 1 is 1.19 bits per heavy atom. The van der Waals surface area contributed by atoms with E-state index in [1.54, 1.807) is 45.0 Å². The van der Waals surface area contributed by atoms with Gasteiger partial charge in [-0.15, -0.1) is 0 Å². The monoisotopic (exact) mass is 518 g/mol. The van der Waals surface area contributed by atoms with E-state index in [0.29, 0.717) is 14.5 Å². The van der Waals surface area contributed by atoms with Crippen LogP contribution in [0.1, 0.15) is 26.3 Å². The molecule has 170 valence electrons. The Balaban J connectivity index is 2.40. The highest BCUT2D eigenvalue weighted by atomic mass is 79.9. The Bertz CT molecular complexity index is 1040. The first-order valence-electron chi connectivity index (χ1n) is 9.07. The van der Waals surface area contributed by atoms with Gasteiger partial charge in [-0.1, -0.05) is 28.1 Å². The van der Waals surface area contributed by atoms with E-state index in [0.717, 1.165) is 11.6 Å². The van der Waals surface area contributed by atoms with Gasteiger partial charge in [0.1, 0.15) is 35.9 Å². The number of methoxy groups -OCH3 is 1. The van der Waals surface area contributed by atoms with Gasteiger partial charge in [0.15, 0.2) is 5.82 Å². The fourth-order valence-corrected chi connectivity index (χ4v) is 3.69. The van der Waals surface area contributed by atoms with Crippen LogP contribution in [0.25, 0.3) is 0 Å². The third kappa shape index (κ3) is 7.37. The maximum atomic E-state index is 14.9. The van der Waals surface area contributed by atoms with Crippen molar-refractivity contribution in [3.63, 3.8) is 0 Å². The minimum Gasteiger partial charge on any atom is -0.497 e. The van der Waals surface area contributed by atoms with Crippen molar-refractivity contribution in [2.75, 3.05) is 18.0 Å². The summed E-state index contributed by atoms with van der Waals surface area (Å²) in [5, 5.41) is 5.28. The number of benzene rings is 2. The van der Waals surface area contributed by atoms with E-state index < -0.39 is 39.8 Å². The second kappa shape index (κ2) is 9.84. The second-order valence-electron chi connectivity index (χ2n) is 7.51. The van der Waals surface area contributed by atoms with Crippen LogP contribution in [-0.4, -0.2) is 33.6 Å². The molecule has 0 aliphatic heterocycles. The molecule has 31 heavy (non-hydrogen) atoms. The summed E-state index contributed by atoms with van der Waals surface area (Å²) in [4.78, 5) is 12.3. The molecule has 0 fully saturated rings. The SMILES string of the molecule is COc1ccc(COc2cc(Br)cc(F)c2N(CC(=O)OC(C)(C)C)S(N)(=O)=O)cc1. The van der Waals surface area contributed by atoms with Gasteiger partial charge in [0.2, 0.25) is 0 Å². The molecule has 2 aromatic rings. The number of halogens is 2. The first-order valence-corrected chi connectivity index (χ1v) is 11.4. The summed E-state index contributed by atoms with van der Waals surface area (Å²) in [6.45, 7) is 4.03. The van der Waals surface area contributed by atoms with Crippen LogP contribution in [0, 0.1) is 5.82 Å². The van der Waals surface area contributed by atoms with Crippen molar-refractivity contribution < 1.29 is 31.8 Å². The van der Waals surface area contributed by atoms with Crippen LogP contribution >= 0.6 is 15.9 Å². The van der Waals surface area contributed by atoms with Gasteiger partial charge in [-0.3, -0.25) is 4.79 Å². The van der Waals surface area contributed by atoms with Gasteiger partial charge in [0, 0.05) is 4.47 Å². The van der Waals surface area contributed by atoms with E-state index >= 15 is 0 Å². The topological polar surface area (TPSA) is 108 Å². The van der Waals surface area contributed by atoms with Crippen LogP contribution in [0.4, 0.5) is 10.1 Å². The quantitative estimate of drug-likeness (QED) is 0.535. The molecule has 2 aromatic carbocycles. The largest absolute Gasteiger partial charge is 0.497 e. The standard InChI is InChI=1S/C20H24BrFN2O6S/c1-20(2,3)30-18(25)11-24(31(23,26)27)19-16(22)9-14(21)10-17(19)29-12-13-5-7-15(28-4)8-6-13/h5-10H,11-12H2,1-4H3,(H2,23,26,27). The van der Waals surface area contributed by atoms with Crippen molar-refractivity contribution in [3.8, 4) is 11.5 Å². The Morgan fingerprint density at radius 3 is 2.32 bits per heavy atom. The van der Waals surface area contributed by atoms with Crippen molar-refractivity contribution in [2.45, 2.75) is 33.0 Å². The molecular formula is C20H24BrFN2O6S. The van der Waals surface area contributed by atoms with Gasteiger partial charge in [-0.2, -0.15) is 8.42 Å². The highest BCUT2D eigenvalue weighted by molar-refractivity contribution is 9.10. The van der Waals surface area contributed by atoms with Crippen LogP contribution in [0.5, 0.6) is 11.5 Å². The zero-order valence-corrected chi connectivity index (χ0v) is 19.9. The van der Waals surface area contributed by atoms with E-state index in [2.05, 4.69) is 15.9 Å². The predicted octanol–water partition coefficient (Wildman–Crippen LogP) is 3.53. The maximum Gasteiger partial charge on any atom is 0.327 e. The number of hydrogen-bond acceptors (Lipinski definition) is 6. The summed E-state index contributed by atoms with van der Waals surface area (Å²) in [6, 6.07) is 9.36. The fraction of sp³-hybridized carbons (Fsp3) is 0.350. The van der Waals surface area contributed by atoms with Gasteiger partial charge in [0.25, 0.3) is 10.2 Å². The molecular weight excluding hydrogens is 495 g/mol. The van der Waals surface area contributed by atoms with Crippen molar-refractivity contribution in [2.24, 2.45) is 5.14 Å². The van der Waals surface area contributed by atoms with E-state index in [9.17, 15) is 17.6 Å². The molecule has 11 heteroatoms. The molecule has 8 nitrogen and oxygen atoms in total. The lowest BCUT2D eigenvalue weighted by atomic mass is 10.2. The molecule has 0 atom stereocenters. The summed E-state index contributed by atoms with van der Waals surface area (Å²) in [5.74, 6) is -1.32. The van der Waals surface area contributed by atoms with Crippen LogP contribution in [0.3, 0.4) is 0 Å². The molecule has 0 aromatic heterocycles. The average Bonchev–Trinajstić information content (AvgIpc) is 2.63. The van der Waals surface area contributed by atoms with Gasteiger partial charge in [-0.25, -0.2) is 13.8 Å². The van der Waals surface area contributed by atoms with Crippen molar-refractivity contribution in [1.29, 1.82) is 0 Å². The molecule has 0 aliphatic rings. The smallest absolute Gasteiger partial charge is 0.327 e. The normalized spacial score (nSPS) is 11.7. The highest BCUT2D eigenvalue weighted by Gasteiger charge is 2.30. The lowest BCUT2D eigenvalue weighted by Crippen LogP contribution is -2.43. The molecule has 0 heterocycles. The number of ether oxygens (including phenoxy) is 3. The zero-order chi connectivity index (χ0) is 23.4. The predicted molar refractivity (Wildman–Crippen MR) is 118 cm³/mol. The van der Waals surface area contributed by atoms with E-state index in [1.165, 1.54) is 13.2 Å². The number of nitrogens with zero attached hydrogens (tertiary/aromatic N) is 1. The summed E-state index contributed by atoms with van der Waals surface area (Å²) in [5.41, 5.74) is -0.640. The molecule has 0 amide bonds. The third-order valence-electron chi connectivity index (χ3n) is 3.80. The number of rotatable bonds is 8. The lowest BCUT2D eigenvalue weighted by Gasteiger charge is -2.26. The molecule has 0 saturated carbocycles. The zero-order valence-electron chi connectivity index (χ0n) is 17.5. The highest BCUT2D eigenvalue weighted by Crippen LogP contribution is 2.36. The van der Waals surface area contributed by atoms with Crippen LogP contribution in [0.2, 0.25) is 0 Å². The lowest BCUT2D eigenvalue weighted by molar-refractivity contribution is -0.152. The van der Waals surface area contributed by atoms with Gasteiger partial charge >= 0.3 is 5.97 Å². The molecule has 0 bridgehead atoms. The maximum absolute atomic E-state index is 14.9. The minimum atomic E-state index is -4.54. The molecule has 2 N–H and O–H groups in total. The second-order valence-corrected chi connectivity index (χ2v) is 9.90. The van der Waals surface area contributed by atoms with Crippen molar-refractivity contribution in [1.82, 2.24) is 0 Å². The average molecular weight is 519 g/mol. The fourth-order valence-electron chi connectivity index (χ4n) is 2.56. The first-order chi connectivity index (χ1) is 14.3. The Kier molecular flexibility index (Phi) is 7.90. The summed E-state index contributed by atoms with van der Waals surface area (Å²) < 4.78 is 56.0. The minimum absolute atomic E-state index is 0.00220. The first kappa shape index (κ1) is 24.9. The third-order valence-corrected chi connectivity index (χ3v) is 5.18. The summed E-state index contributed by atoms with van der Waals surface area (Å²) in [6.07, 6.45) is 0. The van der Waals surface area contributed by atoms with E-state index in [-0.39, 0.29) is 12.4 Å². The molecule has 0 radical (unpaired) electrons. The number of carbonyl (C=O) groups is 1. The van der Waals surface area contributed by atoms with E-state index in [4.69, 9.17) is 19.3 Å². The van der Waals surface area contributed by atoms with Crippen molar-refractivity contribution in [3.05, 3.63) is 52.3 Å². The summed E-state index contributed by atoms with van der Waals surface area (Å²) >= 11 is 3.16. The molecule has 0 unspecified atom stereocenters. The van der Waals surface area contributed by atoms with E-state index in [1.807, 2.05) is 0 Å². The molecule has 0 saturated heterocycles. The number of hydrogen-bond donors (Lipinski definition) is 1. The van der Waals surface area contributed by atoms with Crippen LogP contribution in [-0.2, 0) is 26.3 Å².